The van der Waals surface area contributed by atoms with Crippen LogP contribution in [0, 0.1) is 0 Å². The van der Waals surface area contributed by atoms with Crippen molar-refractivity contribution >= 4 is 33.0 Å². The smallest absolute Gasteiger partial charge is 0.242 e. The van der Waals surface area contributed by atoms with Gasteiger partial charge in [-0.3, -0.25) is 4.79 Å². The molecule has 1 aromatic heterocycles. The number of hydrogen-bond donors (Lipinski definition) is 1. The molecule has 8 heteroatoms. The molecule has 0 radical (unpaired) electrons. The van der Waals surface area contributed by atoms with Gasteiger partial charge in [-0.2, -0.15) is 11.3 Å². The van der Waals surface area contributed by atoms with Crippen LogP contribution in [0.1, 0.15) is 12.0 Å². The van der Waals surface area contributed by atoms with Crippen LogP contribution in [-0.4, -0.2) is 39.8 Å². The van der Waals surface area contributed by atoms with E-state index < -0.39 is 10.0 Å². The number of thiophene rings is 1. The molecule has 0 fully saturated rings. The van der Waals surface area contributed by atoms with Crippen LogP contribution >= 0.6 is 11.3 Å². The molecule has 0 aliphatic rings. The molecule has 0 aliphatic heterocycles. The fraction of sp³-hybridized carbons (Fsp3) is 0.312. The van der Waals surface area contributed by atoms with Crippen molar-refractivity contribution < 1.29 is 17.9 Å². The molecule has 2 rings (SSSR count). The Morgan fingerprint density at radius 3 is 2.62 bits per heavy atom. The van der Waals surface area contributed by atoms with Crippen LogP contribution in [0.5, 0.6) is 5.75 Å². The van der Waals surface area contributed by atoms with E-state index in [4.69, 9.17) is 4.74 Å². The zero-order chi connectivity index (χ0) is 17.7. The van der Waals surface area contributed by atoms with Gasteiger partial charge in [-0.05, 0) is 47.0 Å². The summed E-state index contributed by atoms with van der Waals surface area (Å²) in [5.41, 5.74) is 1.45. The molecule has 0 unspecified atom stereocenters. The molecule has 1 aromatic carbocycles. The summed E-state index contributed by atoms with van der Waals surface area (Å²) in [5, 5.41) is 6.69. The van der Waals surface area contributed by atoms with Crippen molar-refractivity contribution in [2.24, 2.45) is 0 Å². The van der Waals surface area contributed by atoms with Gasteiger partial charge in [0.2, 0.25) is 15.9 Å². The minimum absolute atomic E-state index is 0.0986. The van der Waals surface area contributed by atoms with E-state index in [9.17, 15) is 13.2 Å². The number of nitrogens with one attached hydrogen (secondary N) is 1. The minimum Gasteiger partial charge on any atom is -0.495 e. The first-order chi connectivity index (χ1) is 11.3. The van der Waals surface area contributed by atoms with Gasteiger partial charge in [0, 0.05) is 20.5 Å². The zero-order valence-electron chi connectivity index (χ0n) is 13.8. The number of carbonyl (C=O) groups is 1. The van der Waals surface area contributed by atoms with Crippen molar-refractivity contribution in [2.75, 3.05) is 26.5 Å². The third kappa shape index (κ3) is 4.34. The molecule has 1 N–H and O–H groups in total. The molecule has 130 valence electrons. The second kappa shape index (κ2) is 7.78. The second-order valence-electron chi connectivity index (χ2n) is 5.33. The summed E-state index contributed by atoms with van der Waals surface area (Å²) < 4.78 is 30.8. The first-order valence-electron chi connectivity index (χ1n) is 7.26. The Kier molecular flexibility index (Phi) is 5.98. The third-order valence-corrected chi connectivity index (χ3v) is 5.99. The van der Waals surface area contributed by atoms with Crippen molar-refractivity contribution in [3.8, 4) is 5.75 Å². The Bertz CT molecular complexity index is 799. The Balaban J connectivity index is 2.17. The van der Waals surface area contributed by atoms with Crippen LogP contribution < -0.4 is 10.1 Å². The first-order valence-corrected chi connectivity index (χ1v) is 9.64. The number of hydrogen-bond acceptors (Lipinski definition) is 5. The van der Waals surface area contributed by atoms with E-state index in [-0.39, 0.29) is 10.8 Å². The van der Waals surface area contributed by atoms with Crippen molar-refractivity contribution in [2.45, 2.75) is 17.7 Å². The van der Waals surface area contributed by atoms with Gasteiger partial charge in [0.05, 0.1) is 17.7 Å². The normalized spacial score (nSPS) is 11.5. The molecule has 0 saturated heterocycles. The summed E-state index contributed by atoms with van der Waals surface area (Å²) in [5.74, 6) is 0.218. The average Bonchev–Trinajstić information content (AvgIpc) is 3.06. The molecule has 6 nitrogen and oxygen atoms in total. The molecule has 0 atom stereocenters. The fourth-order valence-electron chi connectivity index (χ4n) is 2.06. The van der Waals surface area contributed by atoms with Crippen LogP contribution in [-0.2, 0) is 21.2 Å². The van der Waals surface area contributed by atoms with Gasteiger partial charge in [-0.1, -0.05) is 0 Å². The van der Waals surface area contributed by atoms with Crippen LogP contribution in [0.2, 0.25) is 0 Å². The maximum Gasteiger partial charge on any atom is 0.242 e. The maximum atomic E-state index is 12.2. The standard InChI is InChI=1S/C16H20N2O4S2/c1-18(2)24(20,21)13-5-6-15(22-3)14(10-13)17-16(19)7-4-12-8-9-23-11-12/h5-6,8-11H,4,7H2,1-3H3,(H,17,19). The zero-order valence-corrected chi connectivity index (χ0v) is 15.4. The van der Waals surface area contributed by atoms with Crippen LogP contribution in [0.15, 0.2) is 39.9 Å². The van der Waals surface area contributed by atoms with Gasteiger partial charge in [-0.15, -0.1) is 0 Å². The summed E-state index contributed by atoms with van der Waals surface area (Å²) in [7, 11) is 0.803. The van der Waals surface area contributed by atoms with Crippen LogP contribution in [0.3, 0.4) is 0 Å². The third-order valence-electron chi connectivity index (χ3n) is 3.44. The summed E-state index contributed by atoms with van der Waals surface area (Å²) in [6.07, 6.45) is 0.942. The lowest BCUT2D eigenvalue weighted by Gasteiger charge is -2.15. The number of benzene rings is 1. The predicted octanol–water partition coefficient (Wildman–Crippen LogP) is 2.58. The Morgan fingerprint density at radius 2 is 2.04 bits per heavy atom. The number of aryl methyl sites for hydroxylation is 1. The summed E-state index contributed by atoms with van der Waals surface area (Å²) in [4.78, 5) is 12.2. The maximum absolute atomic E-state index is 12.2. The average molecular weight is 368 g/mol. The number of sulfonamides is 1. The van der Waals surface area contributed by atoms with Gasteiger partial charge in [0.25, 0.3) is 0 Å². The summed E-state index contributed by atoms with van der Waals surface area (Å²) >= 11 is 1.59. The molecule has 0 saturated carbocycles. The topological polar surface area (TPSA) is 75.7 Å². The minimum atomic E-state index is -3.58. The van der Waals surface area contributed by atoms with Crippen LogP contribution in [0.25, 0.3) is 0 Å². The first kappa shape index (κ1) is 18.4. The van der Waals surface area contributed by atoms with Crippen LogP contribution in [0.4, 0.5) is 5.69 Å². The molecule has 0 bridgehead atoms. The molecule has 2 aromatic rings. The lowest BCUT2D eigenvalue weighted by Crippen LogP contribution is -2.22. The van der Waals surface area contributed by atoms with Gasteiger partial charge in [0.1, 0.15) is 5.75 Å². The van der Waals surface area contributed by atoms with Gasteiger partial charge >= 0.3 is 0 Å². The lowest BCUT2D eigenvalue weighted by atomic mass is 10.2. The highest BCUT2D eigenvalue weighted by Crippen LogP contribution is 2.28. The molecule has 24 heavy (non-hydrogen) atoms. The molecular formula is C16H20N2O4S2. The van der Waals surface area contributed by atoms with E-state index >= 15 is 0 Å². The highest BCUT2D eigenvalue weighted by atomic mass is 32.2. The van der Waals surface area contributed by atoms with Gasteiger partial charge in [0.15, 0.2) is 0 Å². The molecule has 0 spiro atoms. The second-order valence-corrected chi connectivity index (χ2v) is 8.26. The molecular weight excluding hydrogens is 348 g/mol. The SMILES string of the molecule is COc1ccc(S(=O)(=O)N(C)C)cc1NC(=O)CCc1ccsc1. The Morgan fingerprint density at radius 1 is 1.29 bits per heavy atom. The number of anilines is 1. The van der Waals surface area contributed by atoms with E-state index in [0.29, 0.717) is 24.3 Å². The van der Waals surface area contributed by atoms with Crippen molar-refractivity contribution in [1.82, 2.24) is 4.31 Å². The van der Waals surface area contributed by atoms with E-state index in [2.05, 4.69) is 5.32 Å². The number of ether oxygens (including phenoxy) is 1. The quantitative estimate of drug-likeness (QED) is 0.815. The summed E-state index contributed by atoms with van der Waals surface area (Å²) in [6.45, 7) is 0. The lowest BCUT2D eigenvalue weighted by molar-refractivity contribution is -0.116. The van der Waals surface area contributed by atoms with E-state index in [1.54, 1.807) is 11.3 Å². The number of nitrogens with zero attached hydrogens (tertiary/aromatic N) is 1. The van der Waals surface area contributed by atoms with Crippen molar-refractivity contribution in [3.63, 3.8) is 0 Å². The van der Waals surface area contributed by atoms with Crippen molar-refractivity contribution in [3.05, 3.63) is 40.6 Å². The van der Waals surface area contributed by atoms with Crippen molar-refractivity contribution in [1.29, 1.82) is 0 Å². The van der Waals surface area contributed by atoms with E-state index in [0.717, 1.165) is 9.87 Å². The number of rotatable bonds is 7. The van der Waals surface area contributed by atoms with Gasteiger partial charge in [-0.25, -0.2) is 12.7 Å². The number of methoxy groups -OCH3 is 1. The highest BCUT2D eigenvalue weighted by molar-refractivity contribution is 7.89. The Labute approximate surface area is 146 Å². The highest BCUT2D eigenvalue weighted by Gasteiger charge is 2.19. The predicted molar refractivity (Wildman–Crippen MR) is 95.1 cm³/mol. The summed E-state index contributed by atoms with van der Waals surface area (Å²) in [6, 6.07) is 6.37. The largest absolute Gasteiger partial charge is 0.495 e. The fourth-order valence-corrected chi connectivity index (χ4v) is 3.69. The van der Waals surface area contributed by atoms with E-state index in [1.807, 2.05) is 16.8 Å². The molecule has 1 amide bonds. The van der Waals surface area contributed by atoms with E-state index in [1.165, 1.54) is 39.4 Å². The molecule has 1 heterocycles. The monoisotopic (exact) mass is 368 g/mol. The number of amides is 1. The Hall–Kier alpha value is -1.90. The number of carbonyl (C=O) groups excluding carboxylic acids is 1. The van der Waals surface area contributed by atoms with Gasteiger partial charge < -0.3 is 10.1 Å². The molecule has 0 aliphatic carbocycles.